The Morgan fingerprint density at radius 1 is 1.67 bits per heavy atom. The van der Waals surface area contributed by atoms with Crippen LogP contribution in [0.2, 0.25) is 0 Å². The molecule has 0 aliphatic carbocycles. The first kappa shape index (κ1) is 12.5. The zero-order chi connectivity index (χ0) is 11.4. The van der Waals surface area contributed by atoms with Crippen LogP contribution < -0.4 is 5.32 Å². The lowest BCUT2D eigenvalue weighted by molar-refractivity contribution is -0.136. The average molecular weight is 382 g/mol. The number of halogens is 2. The monoisotopic (exact) mass is 381 g/mol. The number of carbonyl (C=O) groups is 1. The van der Waals surface area contributed by atoms with Gasteiger partial charge in [-0.15, -0.1) is 6.58 Å². The van der Waals surface area contributed by atoms with Crippen LogP contribution in [0, 0.1) is 3.57 Å². The van der Waals surface area contributed by atoms with Crippen LogP contribution >= 0.6 is 38.5 Å². The number of nitrogens with one attached hydrogen (secondary N) is 1. The first-order chi connectivity index (χ1) is 7.04. The van der Waals surface area contributed by atoms with Gasteiger partial charge in [0.1, 0.15) is 6.04 Å². The Hall–Kier alpha value is -0.560. The molecule has 1 atom stereocenters. The first-order valence-corrected chi connectivity index (χ1v) is 5.98. The van der Waals surface area contributed by atoms with Gasteiger partial charge in [0.2, 0.25) is 0 Å². The number of anilines is 1. The molecule has 3 nitrogen and oxygen atoms in total. The van der Waals surface area contributed by atoms with Gasteiger partial charge in [-0.05, 0) is 56.7 Å². The Balaban J connectivity index is 2.84. The van der Waals surface area contributed by atoms with Gasteiger partial charge in [0.25, 0.3) is 0 Å². The third kappa shape index (κ3) is 3.49. The summed E-state index contributed by atoms with van der Waals surface area (Å²) in [5.74, 6) is -0.942. The second-order valence-electron chi connectivity index (χ2n) is 2.82. The molecule has 0 spiro atoms. The normalized spacial score (nSPS) is 11.9. The van der Waals surface area contributed by atoms with Gasteiger partial charge in [0, 0.05) is 13.7 Å². The highest BCUT2D eigenvalue weighted by molar-refractivity contribution is 14.1. The van der Waals surface area contributed by atoms with E-state index in [1.54, 1.807) is 0 Å². The van der Waals surface area contributed by atoms with E-state index in [2.05, 4.69) is 50.4 Å². The molecule has 0 aromatic heterocycles. The summed E-state index contributed by atoms with van der Waals surface area (Å²) in [6.07, 6.45) is 1.36. The second-order valence-corrected chi connectivity index (χ2v) is 4.84. The maximum Gasteiger partial charge on any atom is 0.330 e. The number of aliphatic carboxylic acids is 1. The van der Waals surface area contributed by atoms with E-state index in [-0.39, 0.29) is 0 Å². The molecule has 0 aliphatic heterocycles. The molecular formula is C10H9BrINO2. The highest BCUT2D eigenvalue weighted by atomic mass is 127. The van der Waals surface area contributed by atoms with E-state index in [1.807, 2.05) is 18.2 Å². The molecule has 1 rings (SSSR count). The van der Waals surface area contributed by atoms with E-state index in [4.69, 9.17) is 5.11 Å². The summed E-state index contributed by atoms with van der Waals surface area (Å²) in [6.45, 7) is 3.46. The van der Waals surface area contributed by atoms with Crippen LogP contribution in [0.3, 0.4) is 0 Å². The van der Waals surface area contributed by atoms with E-state index in [1.165, 1.54) is 6.08 Å². The second kappa shape index (κ2) is 5.50. The Bertz CT molecular complexity index is 395. The molecule has 1 aromatic rings. The van der Waals surface area contributed by atoms with Crippen molar-refractivity contribution in [3.8, 4) is 0 Å². The van der Waals surface area contributed by atoms with Crippen molar-refractivity contribution in [3.05, 3.63) is 38.9 Å². The molecule has 1 aromatic carbocycles. The summed E-state index contributed by atoms with van der Waals surface area (Å²) in [7, 11) is 0. The summed E-state index contributed by atoms with van der Waals surface area (Å²) in [5, 5.41) is 11.7. The van der Waals surface area contributed by atoms with Crippen molar-refractivity contribution in [3.63, 3.8) is 0 Å². The van der Waals surface area contributed by atoms with Gasteiger partial charge < -0.3 is 10.4 Å². The molecule has 0 saturated heterocycles. The van der Waals surface area contributed by atoms with Crippen LogP contribution in [0.15, 0.2) is 35.3 Å². The molecule has 0 aliphatic rings. The van der Waals surface area contributed by atoms with Crippen molar-refractivity contribution >= 4 is 50.2 Å². The van der Waals surface area contributed by atoms with Crippen molar-refractivity contribution in [2.45, 2.75) is 6.04 Å². The molecule has 1 unspecified atom stereocenters. The van der Waals surface area contributed by atoms with E-state index in [0.29, 0.717) is 0 Å². The Morgan fingerprint density at radius 3 is 2.80 bits per heavy atom. The zero-order valence-electron chi connectivity index (χ0n) is 7.71. The topological polar surface area (TPSA) is 49.3 Å². The van der Waals surface area contributed by atoms with Crippen molar-refractivity contribution < 1.29 is 9.90 Å². The highest BCUT2D eigenvalue weighted by Gasteiger charge is 2.12. The van der Waals surface area contributed by atoms with Gasteiger partial charge in [0.15, 0.2) is 0 Å². The van der Waals surface area contributed by atoms with Crippen molar-refractivity contribution in [1.82, 2.24) is 0 Å². The SMILES string of the molecule is C=CC(Nc1ccc(Br)c(I)c1)C(=O)O. The first-order valence-electron chi connectivity index (χ1n) is 4.11. The summed E-state index contributed by atoms with van der Waals surface area (Å²) >= 11 is 5.54. The highest BCUT2D eigenvalue weighted by Crippen LogP contribution is 2.23. The lowest BCUT2D eigenvalue weighted by Gasteiger charge is -2.12. The predicted molar refractivity (Wildman–Crippen MR) is 72.1 cm³/mol. The molecule has 0 amide bonds. The van der Waals surface area contributed by atoms with Crippen LogP contribution in [0.4, 0.5) is 5.69 Å². The Kier molecular flexibility index (Phi) is 4.59. The molecule has 0 fully saturated rings. The largest absolute Gasteiger partial charge is 0.479 e. The fourth-order valence-corrected chi connectivity index (χ4v) is 1.75. The van der Waals surface area contributed by atoms with Crippen LogP contribution in [0.1, 0.15) is 0 Å². The van der Waals surface area contributed by atoms with Crippen LogP contribution in [0.25, 0.3) is 0 Å². The van der Waals surface area contributed by atoms with Crippen LogP contribution in [-0.2, 0) is 4.79 Å². The van der Waals surface area contributed by atoms with E-state index in [0.717, 1.165) is 13.7 Å². The van der Waals surface area contributed by atoms with Crippen LogP contribution in [0.5, 0.6) is 0 Å². The van der Waals surface area contributed by atoms with E-state index in [9.17, 15) is 4.79 Å². The number of hydrogen-bond donors (Lipinski definition) is 2. The molecule has 2 N–H and O–H groups in total. The minimum absolute atomic E-state index is 0.759. The third-order valence-electron chi connectivity index (χ3n) is 1.74. The average Bonchev–Trinajstić information content (AvgIpc) is 2.19. The summed E-state index contributed by atoms with van der Waals surface area (Å²) in [5.41, 5.74) is 0.759. The number of hydrogen-bond acceptors (Lipinski definition) is 2. The number of carboxylic acids is 1. The summed E-state index contributed by atoms with van der Waals surface area (Å²) in [6, 6.07) is 4.78. The lowest BCUT2D eigenvalue weighted by Crippen LogP contribution is -2.26. The fourth-order valence-electron chi connectivity index (χ4n) is 0.987. The standard InChI is InChI=1S/C10H9BrINO2/c1-2-9(10(14)15)13-6-3-4-7(11)8(12)5-6/h2-5,9,13H,1H2,(H,14,15). The van der Waals surface area contributed by atoms with Gasteiger partial charge in [-0.3, -0.25) is 0 Å². The van der Waals surface area contributed by atoms with Crippen LogP contribution in [-0.4, -0.2) is 17.1 Å². The molecule has 0 radical (unpaired) electrons. The molecule has 0 bridgehead atoms. The molecule has 5 heteroatoms. The molecule has 0 saturated carbocycles. The zero-order valence-corrected chi connectivity index (χ0v) is 11.4. The van der Waals surface area contributed by atoms with E-state index >= 15 is 0 Å². The fraction of sp³-hybridized carbons (Fsp3) is 0.100. The summed E-state index contributed by atoms with van der Waals surface area (Å²) < 4.78 is 2.00. The van der Waals surface area contributed by atoms with Gasteiger partial charge in [-0.1, -0.05) is 6.08 Å². The minimum atomic E-state index is -0.942. The van der Waals surface area contributed by atoms with Gasteiger partial charge >= 0.3 is 5.97 Å². The molecular weight excluding hydrogens is 373 g/mol. The third-order valence-corrected chi connectivity index (χ3v) is 4.07. The lowest BCUT2D eigenvalue weighted by atomic mass is 10.2. The smallest absolute Gasteiger partial charge is 0.330 e. The van der Waals surface area contributed by atoms with Crippen molar-refractivity contribution in [2.75, 3.05) is 5.32 Å². The predicted octanol–water partition coefficient (Wildman–Crippen LogP) is 3.10. The maximum atomic E-state index is 10.7. The van der Waals surface area contributed by atoms with Gasteiger partial charge in [-0.25, -0.2) is 4.79 Å². The van der Waals surface area contributed by atoms with Crippen molar-refractivity contribution in [2.24, 2.45) is 0 Å². The molecule has 80 valence electrons. The molecule has 15 heavy (non-hydrogen) atoms. The number of benzene rings is 1. The quantitative estimate of drug-likeness (QED) is 0.622. The maximum absolute atomic E-state index is 10.7. The van der Waals surface area contributed by atoms with E-state index < -0.39 is 12.0 Å². The Labute approximate surface area is 110 Å². The minimum Gasteiger partial charge on any atom is -0.479 e. The van der Waals surface area contributed by atoms with Gasteiger partial charge in [0.05, 0.1) is 0 Å². The van der Waals surface area contributed by atoms with Gasteiger partial charge in [-0.2, -0.15) is 0 Å². The summed E-state index contributed by atoms with van der Waals surface area (Å²) in [4.78, 5) is 10.7. The molecule has 0 heterocycles. The number of rotatable bonds is 4. The number of carboxylic acid groups (broad SMARTS) is 1. The van der Waals surface area contributed by atoms with Crippen molar-refractivity contribution in [1.29, 1.82) is 0 Å². The Morgan fingerprint density at radius 2 is 2.33 bits per heavy atom.